The van der Waals surface area contributed by atoms with Gasteiger partial charge in [0.1, 0.15) is 46.0 Å². The smallest absolute Gasteiger partial charge is 0.432 e. The summed E-state index contributed by atoms with van der Waals surface area (Å²) in [6.07, 6.45) is -10.5. The van der Waals surface area contributed by atoms with Crippen LogP contribution in [0.2, 0.25) is 0 Å². The minimum atomic E-state index is -5.51. The van der Waals surface area contributed by atoms with E-state index in [0.29, 0.717) is 17.7 Å². The molecule has 4 aromatic rings. The van der Waals surface area contributed by atoms with Crippen LogP contribution < -0.4 is 4.74 Å². The highest BCUT2D eigenvalue weighted by atomic mass is 19.4. The third-order valence-electron chi connectivity index (χ3n) is 6.07. The van der Waals surface area contributed by atoms with E-state index in [1.54, 1.807) is 0 Å². The molecular formula is C30H16F12O2. The van der Waals surface area contributed by atoms with E-state index >= 15 is 0 Å². The molecule has 0 spiro atoms. The Bertz CT molecular complexity index is 1680. The van der Waals surface area contributed by atoms with Crippen molar-refractivity contribution in [3.8, 4) is 28.0 Å². The lowest BCUT2D eigenvalue weighted by molar-refractivity contribution is -0.189. The van der Waals surface area contributed by atoms with Crippen LogP contribution in [0.25, 0.3) is 28.1 Å². The summed E-state index contributed by atoms with van der Waals surface area (Å²) in [6, 6.07) is 7.04. The summed E-state index contributed by atoms with van der Waals surface area (Å²) in [4.78, 5) is 0. The number of ether oxygens (including phenoxy) is 2. The Morgan fingerprint density at radius 3 is 1.61 bits per heavy atom. The molecule has 0 aliphatic carbocycles. The molecule has 0 aromatic heterocycles. The molecule has 0 saturated heterocycles. The van der Waals surface area contributed by atoms with E-state index in [1.165, 1.54) is 37.3 Å². The molecule has 0 aliphatic rings. The summed E-state index contributed by atoms with van der Waals surface area (Å²) >= 11 is 0. The minimum absolute atomic E-state index is 0.110. The first kappa shape index (κ1) is 32.3. The van der Waals surface area contributed by atoms with Crippen molar-refractivity contribution in [3.05, 3.63) is 119 Å². The Kier molecular flexibility index (Phi) is 8.93. The van der Waals surface area contributed by atoms with Gasteiger partial charge < -0.3 is 9.47 Å². The fourth-order valence-electron chi connectivity index (χ4n) is 4.13. The summed E-state index contributed by atoms with van der Waals surface area (Å²) in [6.45, 7) is 1.34. The number of hydrogen-bond acceptors (Lipinski definition) is 2. The van der Waals surface area contributed by atoms with Gasteiger partial charge in [-0.05, 0) is 41.8 Å². The maximum atomic E-state index is 15.0. The number of hydrogen-bond donors (Lipinski definition) is 0. The molecule has 0 heterocycles. The van der Waals surface area contributed by atoms with Crippen LogP contribution in [-0.2, 0) is 17.0 Å². The van der Waals surface area contributed by atoms with Gasteiger partial charge in [-0.3, -0.25) is 0 Å². The molecular weight excluding hydrogens is 620 g/mol. The lowest BCUT2D eigenvalue weighted by Crippen LogP contribution is -2.25. The highest BCUT2D eigenvalue weighted by Crippen LogP contribution is 2.40. The van der Waals surface area contributed by atoms with E-state index in [9.17, 15) is 52.7 Å². The summed E-state index contributed by atoms with van der Waals surface area (Å²) in [5.41, 5.74) is -5.11. The molecule has 0 atom stereocenters. The zero-order valence-corrected chi connectivity index (χ0v) is 21.9. The first-order valence-corrected chi connectivity index (χ1v) is 12.2. The van der Waals surface area contributed by atoms with E-state index in [1.807, 2.05) is 0 Å². The van der Waals surface area contributed by atoms with Gasteiger partial charge in [0.05, 0.1) is 6.61 Å². The predicted molar refractivity (Wildman–Crippen MR) is 134 cm³/mol. The molecule has 4 aromatic carbocycles. The molecule has 14 heteroatoms. The zero-order valence-electron chi connectivity index (χ0n) is 21.9. The third kappa shape index (κ3) is 6.63. The molecule has 0 radical (unpaired) electrons. The van der Waals surface area contributed by atoms with E-state index in [-0.39, 0.29) is 29.9 Å². The van der Waals surface area contributed by atoms with Crippen molar-refractivity contribution in [2.45, 2.75) is 19.2 Å². The Labute approximate surface area is 240 Å². The van der Waals surface area contributed by atoms with Crippen molar-refractivity contribution in [2.75, 3.05) is 6.61 Å². The molecule has 0 N–H and O–H groups in total. The molecule has 44 heavy (non-hydrogen) atoms. The van der Waals surface area contributed by atoms with Crippen molar-refractivity contribution in [2.24, 2.45) is 0 Å². The van der Waals surface area contributed by atoms with Crippen LogP contribution in [-0.4, -0.2) is 6.61 Å². The minimum Gasteiger partial charge on any atom is -0.469 e. The van der Waals surface area contributed by atoms with Crippen LogP contribution in [0.4, 0.5) is 52.7 Å². The highest BCUT2D eigenvalue weighted by Gasteiger charge is 2.43. The van der Waals surface area contributed by atoms with Gasteiger partial charge in [-0.15, -0.1) is 0 Å². The van der Waals surface area contributed by atoms with Gasteiger partial charge in [-0.1, -0.05) is 36.4 Å². The average molecular weight is 636 g/mol. The normalized spacial score (nSPS) is 12.7. The molecule has 2 nitrogen and oxygen atoms in total. The van der Waals surface area contributed by atoms with Crippen LogP contribution in [0.1, 0.15) is 23.6 Å². The topological polar surface area (TPSA) is 18.5 Å². The highest BCUT2D eigenvalue weighted by molar-refractivity contribution is 5.73. The Morgan fingerprint density at radius 1 is 0.614 bits per heavy atom. The SMILES string of the molecule is CCO/C(F)=C(\F)c1ccc(-c2ccc(-c3cc(F)c(C(F)(F)Oc4cc(F)c(C(F)(F)F)c(F)c4)c(F)c3)c(F)c2)cc1. The fraction of sp³-hybridized carbons (Fsp3) is 0.133. The molecule has 232 valence electrons. The molecule has 4 rings (SSSR count). The first-order chi connectivity index (χ1) is 20.5. The molecule has 0 saturated carbocycles. The second kappa shape index (κ2) is 12.2. The molecule has 0 amide bonds. The van der Waals surface area contributed by atoms with Crippen molar-refractivity contribution in [3.63, 3.8) is 0 Å². The maximum Gasteiger partial charge on any atom is 0.432 e. The predicted octanol–water partition coefficient (Wildman–Crippen LogP) is 10.5. The first-order valence-electron chi connectivity index (χ1n) is 12.2. The molecule has 0 aliphatic heterocycles. The van der Waals surface area contributed by atoms with Gasteiger partial charge in [-0.2, -0.15) is 30.7 Å². The molecule has 0 bridgehead atoms. The number of rotatable bonds is 8. The Balaban J connectivity index is 1.61. The van der Waals surface area contributed by atoms with Crippen LogP contribution in [0, 0.1) is 29.1 Å². The molecule has 0 unspecified atom stereocenters. The van der Waals surface area contributed by atoms with Crippen molar-refractivity contribution >= 4 is 5.83 Å². The van der Waals surface area contributed by atoms with Crippen LogP contribution >= 0.6 is 0 Å². The monoisotopic (exact) mass is 636 g/mol. The Morgan fingerprint density at radius 2 is 1.11 bits per heavy atom. The fourth-order valence-corrected chi connectivity index (χ4v) is 4.13. The van der Waals surface area contributed by atoms with Crippen LogP contribution in [0.5, 0.6) is 5.75 Å². The van der Waals surface area contributed by atoms with E-state index < -0.39 is 81.2 Å². The van der Waals surface area contributed by atoms with Gasteiger partial charge in [-0.25, -0.2) is 22.0 Å². The lowest BCUT2D eigenvalue weighted by Gasteiger charge is -2.21. The van der Waals surface area contributed by atoms with E-state index in [0.717, 1.165) is 12.1 Å². The summed E-state index contributed by atoms with van der Waals surface area (Å²) in [7, 11) is 0. The summed E-state index contributed by atoms with van der Waals surface area (Å²) < 4.78 is 176. The van der Waals surface area contributed by atoms with Crippen molar-refractivity contribution < 1.29 is 62.2 Å². The number of benzene rings is 4. The van der Waals surface area contributed by atoms with Gasteiger partial charge in [0.15, 0.2) is 0 Å². The second-order valence-corrected chi connectivity index (χ2v) is 8.99. The van der Waals surface area contributed by atoms with Gasteiger partial charge in [0, 0.05) is 23.3 Å². The standard InChI is InChI=1S/C30H16F12O2/c1-2-43-28(37)27(36)15-5-3-14(4-6-15)16-7-8-19(20(31)9-16)17-10-21(32)26(22(33)11-17)30(41,42)44-18-12-23(34)25(24(35)13-18)29(38,39)40/h3-13H,2H2,1H3/b28-27-. The van der Waals surface area contributed by atoms with Gasteiger partial charge in [0.2, 0.25) is 5.83 Å². The quantitative estimate of drug-likeness (QED) is 0.142. The van der Waals surface area contributed by atoms with Crippen LogP contribution in [0.3, 0.4) is 0 Å². The second-order valence-electron chi connectivity index (χ2n) is 8.99. The zero-order chi connectivity index (χ0) is 32.6. The van der Waals surface area contributed by atoms with Crippen molar-refractivity contribution in [1.82, 2.24) is 0 Å². The number of halogens is 12. The Hall–Kier alpha value is -4.62. The van der Waals surface area contributed by atoms with Crippen LogP contribution in [0.15, 0.2) is 72.7 Å². The van der Waals surface area contributed by atoms with E-state index in [2.05, 4.69) is 9.47 Å². The van der Waals surface area contributed by atoms with E-state index in [4.69, 9.17) is 0 Å². The van der Waals surface area contributed by atoms with Gasteiger partial charge in [0.25, 0.3) is 0 Å². The van der Waals surface area contributed by atoms with Gasteiger partial charge >= 0.3 is 18.3 Å². The number of alkyl halides is 5. The molecule has 0 fully saturated rings. The maximum absolute atomic E-state index is 15.0. The summed E-state index contributed by atoms with van der Waals surface area (Å²) in [5.74, 6) is -12.4. The lowest BCUT2D eigenvalue weighted by atomic mass is 9.97. The summed E-state index contributed by atoms with van der Waals surface area (Å²) in [5, 5.41) is 0. The average Bonchev–Trinajstić information content (AvgIpc) is 2.90. The third-order valence-corrected chi connectivity index (χ3v) is 6.07. The van der Waals surface area contributed by atoms with Crippen molar-refractivity contribution in [1.29, 1.82) is 0 Å². The largest absolute Gasteiger partial charge is 0.469 e.